The Kier molecular flexibility index (Phi) is 5.37. The summed E-state index contributed by atoms with van der Waals surface area (Å²) in [5.41, 5.74) is 1.37. The zero-order chi connectivity index (χ0) is 11.1. The molecule has 1 unspecified atom stereocenters. The first kappa shape index (κ1) is 12.2. The Morgan fingerprint density at radius 1 is 1.20 bits per heavy atom. The molecular weight excluding hydrogens is 184 g/mol. The number of hydrogen-bond donors (Lipinski definition) is 1. The zero-order valence-corrected chi connectivity index (χ0v) is 10.0. The van der Waals surface area contributed by atoms with Crippen LogP contribution >= 0.6 is 0 Å². The molecule has 0 saturated heterocycles. The molecule has 0 amide bonds. The smallest absolute Gasteiger partial charge is 0.0449 e. The van der Waals surface area contributed by atoms with Gasteiger partial charge in [0.1, 0.15) is 0 Å². The fourth-order valence-electron chi connectivity index (χ4n) is 1.66. The van der Waals surface area contributed by atoms with Crippen molar-refractivity contribution in [3.05, 3.63) is 35.9 Å². The molecule has 1 aromatic rings. The van der Waals surface area contributed by atoms with Crippen LogP contribution < -0.4 is 5.32 Å². The first-order valence-corrected chi connectivity index (χ1v) is 5.67. The zero-order valence-electron chi connectivity index (χ0n) is 10.0. The van der Waals surface area contributed by atoms with Gasteiger partial charge in [-0.05, 0) is 32.6 Å². The quantitative estimate of drug-likeness (QED) is 0.768. The van der Waals surface area contributed by atoms with E-state index in [0.29, 0.717) is 6.04 Å². The number of benzene rings is 1. The molecule has 2 heteroatoms. The van der Waals surface area contributed by atoms with Crippen molar-refractivity contribution >= 4 is 0 Å². The molecule has 0 heterocycles. The maximum Gasteiger partial charge on any atom is 0.0449 e. The molecule has 1 aromatic carbocycles. The molecule has 84 valence electrons. The van der Waals surface area contributed by atoms with Crippen LogP contribution in [0.4, 0.5) is 0 Å². The molecule has 0 spiro atoms. The predicted octanol–water partition coefficient (Wildman–Crippen LogP) is 2.29. The van der Waals surface area contributed by atoms with E-state index in [1.54, 1.807) is 0 Å². The summed E-state index contributed by atoms with van der Waals surface area (Å²) in [6.45, 7) is 4.32. The molecule has 15 heavy (non-hydrogen) atoms. The first-order valence-electron chi connectivity index (χ1n) is 5.67. The molecular formula is C13H22N2. The summed E-state index contributed by atoms with van der Waals surface area (Å²) in [5, 5.41) is 3.58. The minimum absolute atomic E-state index is 0.446. The highest BCUT2D eigenvalue weighted by atomic mass is 15.1. The topological polar surface area (TPSA) is 15.3 Å². The predicted molar refractivity (Wildman–Crippen MR) is 66.0 cm³/mol. The Morgan fingerprint density at radius 3 is 2.40 bits per heavy atom. The average molecular weight is 206 g/mol. The van der Waals surface area contributed by atoms with Crippen molar-refractivity contribution in [2.24, 2.45) is 0 Å². The van der Waals surface area contributed by atoms with E-state index < -0.39 is 0 Å². The van der Waals surface area contributed by atoms with Gasteiger partial charge in [0.25, 0.3) is 0 Å². The Labute approximate surface area is 93.3 Å². The van der Waals surface area contributed by atoms with Gasteiger partial charge in [-0.3, -0.25) is 0 Å². The Bertz CT molecular complexity index is 256. The number of hydrogen-bond acceptors (Lipinski definition) is 2. The van der Waals surface area contributed by atoms with Gasteiger partial charge >= 0.3 is 0 Å². The van der Waals surface area contributed by atoms with Crippen molar-refractivity contribution < 1.29 is 0 Å². The van der Waals surface area contributed by atoms with Crippen molar-refractivity contribution in [2.75, 3.05) is 27.2 Å². The molecule has 0 radical (unpaired) electrons. The van der Waals surface area contributed by atoms with Gasteiger partial charge in [0.2, 0.25) is 0 Å². The number of nitrogens with zero attached hydrogens (tertiary/aromatic N) is 1. The first-order chi connectivity index (χ1) is 7.24. The standard InChI is InChI=1S/C13H22N2/c1-4-10-14-13(11-15(2)3)12-8-6-5-7-9-12/h5-9,13-14H,4,10-11H2,1-3H3. The summed E-state index contributed by atoms with van der Waals surface area (Å²) in [6, 6.07) is 11.1. The average Bonchev–Trinajstić information content (AvgIpc) is 2.25. The van der Waals surface area contributed by atoms with E-state index in [1.165, 1.54) is 12.0 Å². The monoisotopic (exact) mass is 206 g/mol. The summed E-state index contributed by atoms with van der Waals surface area (Å²) in [4.78, 5) is 2.22. The fourth-order valence-corrected chi connectivity index (χ4v) is 1.66. The lowest BCUT2D eigenvalue weighted by atomic mass is 10.1. The van der Waals surface area contributed by atoms with Crippen LogP contribution in [0.2, 0.25) is 0 Å². The molecule has 0 aliphatic heterocycles. The molecule has 0 fully saturated rings. The number of nitrogens with one attached hydrogen (secondary N) is 1. The lowest BCUT2D eigenvalue weighted by Gasteiger charge is -2.22. The van der Waals surface area contributed by atoms with Crippen molar-refractivity contribution in [1.29, 1.82) is 0 Å². The second-order valence-electron chi connectivity index (χ2n) is 4.18. The van der Waals surface area contributed by atoms with Gasteiger partial charge in [-0.2, -0.15) is 0 Å². The third kappa shape index (κ3) is 4.45. The van der Waals surface area contributed by atoms with Crippen LogP contribution in [-0.4, -0.2) is 32.1 Å². The van der Waals surface area contributed by atoms with Gasteiger partial charge < -0.3 is 10.2 Å². The SMILES string of the molecule is CCCNC(CN(C)C)c1ccccc1. The van der Waals surface area contributed by atoms with Crippen LogP contribution in [0.3, 0.4) is 0 Å². The highest BCUT2D eigenvalue weighted by molar-refractivity contribution is 5.19. The van der Waals surface area contributed by atoms with Gasteiger partial charge in [0, 0.05) is 12.6 Å². The number of likely N-dealkylation sites (N-methyl/N-ethyl adjacent to an activating group) is 1. The van der Waals surface area contributed by atoms with Gasteiger partial charge in [-0.25, -0.2) is 0 Å². The lowest BCUT2D eigenvalue weighted by Crippen LogP contribution is -2.31. The van der Waals surface area contributed by atoms with E-state index in [4.69, 9.17) is 0 Å². The Morgan fingerprint density at radius 2 is 1.87 bits per heavy atom. The second kappa shape index (κ2) is 6.59. The summed E-state index contributed by atoms with van der Waals surface area (Å²) in [6.07, 6.45) is 1.18. The van der Waals surface area contributed by atoms with Crippen LogP contribution in [0, 0.1) is 0 Å². The van der Waals surface area contributed by atoms with Gasteiger partial charge in [0.15, 0.2) is 0 Å². The van der Waals surface area contributed by atoms with E-state index in [1.807, 2.05) is 0 Å². The maximum absolute atomic E-state index is 3.58. The minimum atomic E-state index is 0.446. The summed E-state index contributed by atoms with van der Waals surface area (Å²) < 4.78 is 0. The largest absolute Gasteiger partial charge is 0.309 e. The van der Waals surface area contributed by atoms with Crippen LogP contribution in [0.15, 0.2) is 30.3 Å². The molecule has 0 saturated carbocycles. The van der Waals surface area contributed by atoms with Crippen molar-refractivity contribution in [1.82, 2.24) is 10.2 Å². The molecule has 1 N–H and O–H groups in total. The minimum Gasteiger partial charge on any atom is -0.309 e. The molecule has 0 aliphatic carbocycles. The maximum atomic E-state index is 3.58. The van der Waals surface area contributed by atoms with Crippen molar-refractivity contribution in [2.45, 2.75) is 19.4 Å². The van der Waals surface area contributed by atoms with Crippen molar-refractivity contribution in [3.63, 3.8) is 0 Å². The van der Waals surface area contributed by atoms with Crippen LogP contribution in [0.5, 0.6) is 0 Å². The normalized spacial score (nSPS) is 13.1. The third-order valence-electron chi connectivity index (χ3n) is 2.39. The van der Waals surface area contributed by atoms with Crippen LogP contribution in [0.25, 0.3) is 0 Å². The summed E-state index contributed by atoms with van der Waals surface area (Å²) in [7, 11) is 4.23. The van der Waals surface area contributed by atoms with Crippen molar-refractivity contribution in [3.8, 4) is 0 Å². The molecule has 1 rings (SSSR count). The molecule has 1 atom stereocenters. The highest BCUT2D eigenvalue weighted by Gasteiger charge is 2.10. The summed E-state index contributed by atoms with van der Waals surface area (Å²) in [5.74, 6) is 0. The van der Waals surface area contributed by atoms with Crippen LogP contribution in [0.1, 0.15) is 24.9 Å². The Hall–Kier alpha value is -0.860. The second-order valence-corrected chi connectivity index (χ2v) is 4.18. The molecule has 0 aromatic heterocycles. The fraction of sp³-hybridized carbons (Fsp3) is 0.538. The van der Waals surface area contributed by atoms with E-state index in [-0.39, 0.29) is 0 Å². The van der Waals surface area contributed by atoms with E-state index >= 15 is 0 Å². The van der Waals surface area contributed by atoms with Crippen LogP contribution in [-0.2, 0) is 0 Å². The van der Waals surface area contributed by atoms with E-state index in [0.717, 1.165) is 13.1 Å². The molecule has 0 aliphatic rings. The van der Waals surface area contributed by atoms with E-state index in [9.17, 15) is 0 Å². The Balaban J connectivity index is 2.63. The summed E-state index contributed by atoms with van der Waals surface area (Å²) >= 11 is 0. The van der Waals surface area contributed by atoms with E-state index in [2.05, 4.69) is 61.6 Å². The van der Waals surface area contributed by atoms with Gasteiger partial charge in [-0.15, -0.1) is 0 Å². The molecule has 2 nitrogen and oxygen atoms in total. The third-order valence-corrected chi connectivity index (χ3v) is 2.39. The highest BCUT2D eigenvalue weighted by Crippen LogP contribution is 2.12. The lowest BCUT2D eigenvalue weighted by molar-refractivity contribution is 0.342. The molecule has 0 bridgehead atoms. The van der Waals surface area contributed by atoms with Gasteiger partial charge in [-0.1, -0.05) is 37.3 Å². The number of rotatable bonds is 6. The van der Waals surface area contributed by atoms with Gasteiger partial charge in [0.05, 0.1) is 0 Å².